The number of carboxylic acid groups (broad SMARTS) is 1. The largest absolute Gasteiger partial charge is 0.480 e. The van der Waals surface area contributed by atoms with Gasteiger partial charge in [-0.25, -0.2) is 4.79 Å². The Kier molecular flexibility index (Phi) is 10.4. The van der Waals surface area contributed by atoms with E-state index in [4.69, 9.17) is 16.6 Å². The minimum atomic E-state index is -1.55. The van der Waals surface area contributed by atoms with Crippen molar-refractivity contribution in [2.75, 3.05) is 5.75 Å². The van der Waals surface area contributed by atoms with Gasteiger partial charge < -0.3 is 37.6 Å². The van der Waals surface area contributed by atoms with Crippen molar-refractivity contribution in [2.45, 2.75) is 50.5 Å². The summed E-state index contributed by atoms with van der Waals surface area (Å²) in [5.74, 6) is -4.81. The Hall–Kier alpha value is -2.38. The minimum absolute atomic E-state index is 0.138. The topological polar surface area (TPSA) is 214 Å². The normalized spacial score (nSPS) is 16.2. The monoisotopic (exact) mass is 407 g/mol. The van der Waals surface area contributed by atoms with Crippen molar-refractivity contribution < 1.29 is 34.2 Å². The van der Waals surface area contributed by atoms with Crippen molar-refractivity contribution >= 4 is 42.2 Å². The molecule has 5 atom stereocenters. The number of carboxylic acids is 1. The van der Waals surface area contributed by atoms with Gasteiger partial charge in [-0.2, -0.15) is 12.6 Å². The van der Waals surface area contributed by atoms with E-state index >= 15 is 0 Å². The number of nitrogens with two attached hydrogens (primary N) is 2. The van der Waals surface area contributed by atoms with E-state index in [1.165, 1.54) is 13.8 Å². The zero-order valence-corrected chi connectivity index (χ0v) is 15.7. The number of aliphatic hydroxyl groups excluding tert-OH is 1. The lowest BCUT2D eigenvalue weighted by atomic mass is 10.1. The van der Waals surface area contributed by atoms with Gasteiger partial charge >= 0.3 is 5.97 Å². The van der Waals surface area contributed by atoms with Crippen molar-refractivity contribution in [3.63, 3.8) is 0 Å². The summed E-state index contributed by atoms with van der Waals surface area (Å²) in [7, 11) is 0. The molecule has 0 aromatic heterocycles. The molecule has 27 heavy (non-hydrogen) atoms. The molecule has 0 bridgehead atoms. The third kappa shape index (κ3) is 8.70. The van der Waals surface area contributed by atoms with Crippen molar-refractivity contribution in [3.8, 4) is 0 Å². The number of primary amides is 1. The lowest BCUT2D eigenvalue weighted by Gasteiger charge is -2.23. The van der Waals surface area contributed by atoms with Crippen LogP contribution in [0.4, 0.5) is 0 Å². The zero-order valence-electron chi connectivity index (χ0n) is 14.8. The fraction of sp³-hybridized carbons (Fsp3) is 0.643. The Morgan fingerprint density at radius 2 is 1.56 bits per heavy atom. The Labute approximate surface area is 160 Å². The average Bonchev–Trinajstić information content (AvgIpc) is 2.55. The second-order valence-electron chi connectivity index (χ2n) is 5.82. The Morgan fingerprint density at radius 1 is 1.00 bits per heavy atom. The standard InChI is InChI=1S/C14H25N5O7S/c1-5(11(22)19-10(6(2)20)14(25)26)17-13(24)8(4-27)18-12(23)7(15)3-9(16)21/h5-8,10,20,27H,3-4,15H2,1-2H3,(H2,16,21)(H,17,24)(H,18,23)(H,19,22)(H,25,26). The molecule has 0 saturated heterocycles. The highest BCUT2D eigenvalue weighted by molar-refractivity contribution is 7.80. The predicted molar refractivity (Wildman–Crippen MR) is 96.4 cm³/mol. The smallest absolute Gasteiger partial charge is 0.328 e. The minimum Gasteiger partial charge on any atom is -0.480 e. The fourth-order valence-corrected chi connectivity index (χ4v) is 2.09. The maximum absolute atomic E-state index is 12.2. The molecule has 0 heterocycles. The summed E-state index contributed by atoms with van der Waals surface area (Å²) in [6, 6.07) is -5.14. The Morgan fingerprint density at radius 3 is 1.96 bits per heavy atom. The van der Waals surface area contributed by atoms with Gasteiger partial charge in [0.1, 0.15) is 12.1 Å². The summed E-state index contributed by atoms with van der Waals surface area (Å²) < 4.78 is 0. The number of nitrogens with one attached hydrogen (secondary N) is 3. The molecule has 5 unspecified atom stereocenters. The van der Waals surface area contributed by atoms with Gasteiger partial charge in [-0.3, -0.25) is 19.2 Å². The van der Waals surface area contributed by atoms with E-state index in [1.54, 1.807) is 0 Å². The molecule has 0 aliphatic heterocycles. The second-order valence-corrected chi connectivity index (χ2v) is 6.18. The predicted octanol–water partition coefficient (Wildman–Crippen LogP) is -3.94. The van der Waals surface area contributed by atoms with Crippen LogP contribution < -0.4 is 27.4 Å². The van der Waals surface area contributed by atoms with Crippen LogP contribution in [0.3, 0.4) is 0 Å². The van der Waals surface area contributed by atoms with Crippen LogP contribution in [0.1, 0.15) is 20.3 Å². The van der Waals surface area contributed by atoms with Gasteiger partial charge in [0.05, 0.1) is 18.6 Å². The van der Waals surface area contributed by atoms with E-state index in [-0.39, 0.29) is 5.75 Å². The van der Waals surface area contributed by atoms with Gasteiger partial charge in [0.15, 0.2) is 6.04 Å². The molecule has 0 saturated carbocycles. The number of thiol groups is 1. The SMILES string of the molecule is CC(NC(=O)C(CS)NC(=O)C(N)CC(N)=O)C(=O)NC(C(=O)O)C(C)O. The molecule has 9 N–H and O–H groups in total. The molecule has 0 spiro atoms. The first-order valence-electron chi connectivity index (χ1n) is 7.87. The molecular formula is C14H25N5O7S. The molecule has 13 heteroatoms. The van der Waals surface area contributed by atoms with Gasteiger partial charge in [-0.1, -0.05) is 0 Å². The summed E-state index contributed by atoms with van der Waals surface area (Å²) >= 11 is 3.93. The molecule has 0 fully saturated rings. The van der Waals surface area contributed by atoms with E-state index < -0.39 is 66.3 Å². The summed E-state index contributed by atoms with van der Waals surface area (Å²) in [4.78, 5) is 57.7. The first kappa shape index (κ1) is 24.6. The van der Waals surface area contributed by atoms with Crippen LogP contribution in [0.15, 0.2) is 0 Å². The Balaban J connectivity index is 4.81. The van der Waals surface area contributed by atoms with Crippen LogP contribution in [0.5, 0.6) is 0 Å². The van der Waals surface area contributed by atoms with E-state index in [0.29, 0.717) is 0 Å². The molecule has 12 nitrogen and oxygen atoms in total. The number of hydrogen-bond donors (Lipinski definition) is 8. The Bertz CT molecular complexity index is 586. The van der Waals surface area contributed by atoms with Crippen LogP contribution in [-0.2, 0) is 24.0 Å². The number of aliphatic hydroxyl groups is 1. The molecular weight excluding hydrogens is 382 g/mol. The van der Waals surface area contributed by atoms with E-state index in [9.17, 15) is 29.1 Å². The highest BCUT2D eigenvalue weighted by Crippen LogP contribution is 1.97. The van der Waals surface area contributed by atoms with Crippen molar-refractivity contribution in [1.82, 2.24) is 16.0 Å². The van der Waals surface area contributed by atoms with Crippen molar-refractivity contribution in [2.24, 2.45) is 11.5 Å². The molecule has 0 aromatic carbocycles. The summed E-state index contributed by atoms with van der Waals surface area (Å²) in [6.45, 7) is 2.47. The molecule has 4 amide bonds. The van der Waals surface area contributed by atoms with Gasteiger partial charge in [0.25, 0.3) is 0 Å². The van der Waals surface area contributed by atoms with E-state index in [0.717, 1.165) is 0 Å². The van der Waals surface area contributed by atoms with Crippen LogP contribution in [0, 0.1) is 0 Å². The second kappa shape index (κ2) is 11.4. The number of hydrogen-bond acceptors (Lipinski definition) is 8. The quantitative estimate of drug-likeness (QED) is 0.158. The van der Waals surface area contributed by atoms with Crippen LogP contribution >= 0.6 is 12.6 Å². The lowest BCUT2D eigenvalue weighted by Crippen LogP contribution is -2.58. The van der Waals surface area contributed by atoms with Crippen LogP contribution in [-0.4, -0.2) is 75.8 Å². The van der Waals surface area contributed by atoms with Crippen molar-refractivity contribution in [3.05, 3.63) is 0 Å². The van der Waals surface area contributed by atoms with Gasteiger partial charge in [-0.05, 0) is 13.8 Å². The summed E-state index contributed by atoms with van der Waals surface area (Å²) in [5, 5.41) is 24.9. The number of carbonyl (C=O) groups is 5. The summed E-state index contributed by atoms with van der Waals surface area (Å²) in [6.07, 6.45) is -1.77. The molecule has 154 valence electrons. The molecule has 0 rings (SSSR count). The highest BCUT2D eigenvalue weighted by Gasteiger charge is 2.29. The number of rotatable bonds is 11. The molecule has 0 aromatic rings. The maximum atomic E-state index is 12.2. The van der Waals surface area contributed by atoms with E-state index in [2.05, 4.69) is 28.6 Å². The third-order valence-electron chi connectivity index (χ3n) is 3.37. The number of aliphatic carboxylic acids is 1. The first-order chi connectivity index (χ1) is 12.4. The number of amides is 4. The molecule has 0 radical (unpaired) electrons. The van der Waals surface area contributed by atoms with Crippen molar-refractivity contribution in [1.29, 1.82) is 0 Å². The van der Waals surface area contributed by atoms with Crippen LogP contribution in [0.25, 0.3) is 0 Å². The van der Waals surface area contributed by atoms with Crippen LogP contribution in [0.2, 0.25) is 0 Å². The maximum Gasteiger partial charge on any atom is 0.328 e. The molecule has 0 aliphatic carbocycles. The first-order valence-corrected chi connectivity index (χ1v) is 8.50. The number of carbonyl (C=O) groups excluding carboxylic acids is 4. The highest BCUT2D eigenvalue weighted by atomic mass is 32.1. The lowest BCUT2D eigenvalue weighted by molar-refractivity contribution is -0.145. The summed E-state index contributed by atoms with van der Waals surface area (Å²) in [5.41, 5.74) is 10.4. The molecule has 0 aliphatic rings. The van der Waals surface area contributed by atoms with Gasteiger partial charge in [0.2, 0.25) is 23.6 Å². The van der Waals surface area contributed by atoms with E-state index in [1.807, 2.05) is 0 Å². The third-order valence-corrected chi connectivity index (χ3v) is 3.74. The zero-order chi connectivity index (χ0) is 21.3. The van der Waals surface area contributed by atoms with Gasteiger partial charge in [0, 0.05) is 5.75 Å². The fourth-order valence-electron chi connectivity index (χ4n) is 1.83. The van der Waals surface area contributed by atoms with Gasteiger partial charge in [-0.15, -0.1) is 0 Å². The average molecular weight is 407 g/mol.